The van der Waals surface area contributed by atoms with Crippen LogP contribution in [0.15, 0.2) is 40.7 Å². The molecule has 1 saturated carbocycles. The number of ketones is 1. The van der Waals surface area contributed by atoms with Crippen molar-refractivity contribution in [3.8, 4) is 0 Å². The Hall–Kier alpha value is -2.67. The Bertz CT molecular complexity index is 1050. The number of halogens is 2. The van der Waals surface area contributed by atoms with Crippen molar-refractivity contribution >= 4 is 29.3 Å². The average molecular weight is 476 g/mol. The predicted octanol–water partition coefficient (Wildman–Crippen LogP) is 4.58. The van der Waals surface area contributed by atoms with Gasteiger partial charge in [0.1, 0.15) is 17.8 Å². The number of methoxy groups -OCH3 is 1. The van der Waals surface area contributed by atoms with Gasteiger partial charge in [0.05, 0.1) is 18.6 Å². The Morgan fingerprint density at radius 3 is 2.55 bits per heavy atom. The van der Waals surface area contributed by atoms with E-state index in [1.165, 1.54) is 25.3 Å². The number of Topliss-reactive ketones (excluding diaryl/α,β-unsaturated/α-hetero) is 1. The minimum atomic E-state index is -1.09. The molecule has 1 aromatic carbocycles. The van der Waals surface area contributed by atoms with E-state index in [2.05, 4.69) is 5.32 Å². The summed E-state index contributed by atoms with van der Waals surface area (Å²) in [5.74, 6) is -4.85. The van der Waals surface area contributed by atoms with Crippen molar-refractivity contribution in [1.82, 2.24) is 5.32 Å². The van der Waals surface area contributed by atoms with Crippen molar-refractivity contribution in [2.24, 2.45) is 11.8 Å². The molecule has 6 nitrogen and oxygen atoms in total. The molecular formula is C25H27ClFNO5. The van der Waals surface area contributed by atoms with Gasteiger partial charge in [-0.25, -0.2) is 9.18 Å². The number of benzene rings is 1. The SMILES string of the molecule is COC(=O)[C@H]1C(=O)C2=C(C[C@@H]1C)NC(C)=C(C(=O)OC1CCCC1)[C@H]2c1c(F)cccc1Cl. The number of nitrogens with one attached hydrogen (secondary N) is 1. The summed E-state index contributed by atoms with van der Waals surface area (Å²) in [6, 6.07) is 4.23. The third-order valence-corrected chi connectivity index (χ3v) is 7.16. The first-order valence-electron chi connectivity index (χ1n) is 11.2. The van der Waals surface area contributed by atoms with Crippen LogP contribution < -0.4 is 5.32 Å². The summed E-state index contributed by atoms with van der Waals surface area (Å²) >= 11 is 6.42. The fourth-order valence-corrected chi connectivity index (χ4v) is 5.52. The van der Waals surface area contributed by atoms with Crippen LogP contribution in [-0.2, 0) is 23.9 Å². The molecule has 0 amide bonds. The molecule has 1 N–H and O–H groups in total. The molecule has 1 aliphatic heterocycles. The first kappa shape index (κ1) is 23.5. The maximum Gasteiger partial charge on any atom is 0.337 e. The van der Waals surface area contributed by atoms with Crippen LogP contribution in [0.25, 0.3) is 0 Å². The lowest BCUT2D eigenvalue weighted by molar-refractivity contribution is -0.151. The molecule has 4 rings (SSSR count). The number of allylic oxidation sites excluding steroid dienone is 3. The van der Waals surface area contributed by atoms with E-state index in [4.69, 9.17) is 21.1 Å². The monoisotopic (exact) mass is 475 g/mol. The zero-order valence-electron chi connectivity index (χ0n) is 18.9. The second-order valence-electron chi connectivity index (χ2n) is 8.98. The quantitative estimate of drug-likeness (QED) is 0.507. The van der Waals surface area contributed by atoms with Crippen molar-refractivity contribution in [3.63, 3.8) is 0 Å². The molecule has 3 aliphatic rings. The summed E-state index contributed by atoms with van der Waals surface area (Å²) in [6.07, 6.45) is 3.64. The molecule has 0 radical (unpaired) electrons. The third-order valence-electron chi connectivity index (χ3n) is 6.83. The first-order valence-corrected chi connectivity index (χ1v) is 11.6. The molecule has 1 aromatic rings. The lowest BCUT2D eigenvalue weighted by Crippen LogP contribution is -2.43. The van der Waals surface area contributed by atoms with E-state index >= 15 is 4.39 Å². The first-order chi connectivity index (χ1) is 15.7. The summed E-state index contributed by atoms with van der Waals surface area (Å²) in [4.78, 5) is 39.5. The van der Waals surface area contributed by atoms with Gasteiger partial charge in [0, 0.05) is 27.6 Å². The Labute approximate surface area is 197 Å². The third kappa shape index (κ3) is 4.19. The van der Waals surface area contributed by atoms with Gasteiger partial charge in [0.2, 0.25) is 0 Å². The molecule has 0 saturated heterocycles. The van der Waals surface area contributed by atoms with Crippen LogP contribution in [0, 0.1) is 17.7 Å². The van der Waals surface area contributed by atoms with Crippen molar-refractivity contribution in [3.05, 3.63) is 57.1 Å². The molecule has 2 aliphatic carbocycles. The molecule has 1 fully saturated rings. The number of hydrogen-bond acceptors (Lipinski definition) is 6. The van der Waals surface area contributed by atoms with Gasteiger partial charge in [-0.05, 0) is 57.1 Å². The Balaban J connectivity index is 1.86. The van der Waals surface area contributed by atoms with Gasteiger partial charge in [-0.1, -0.05) is 24.6 Å². The zero-order chi connectivity index (χ0) is 23.9. The van der Waals surface area contributed by atoms with Gasteiger partial charge in [-0.2, -0.15) is 0 Å². The van der Waals surface area contributed by atoms with Gasteiger partial charge in [-0.15, -0.1) is 0 Å². The molecule has 0 spiro atoms. The Morgan fingerprint density at radius 1 is 1.21 bits per heavy atom. The standard InChI is InChI=1S/C25H27ClFNO5/c1-12-11-17-21(23(29)18(12)24(30)32-3)22(20-15(26)9-6-10-16(20)27)19(13(2)28-17)25(31)33-14-7-4-5-8-14/h6,9-10,12,14,18,22,28H,4-5,7-8,11H2,1-3H3/t12-,18+,22-/m0/s1. The van der Waals surface area contributed by atoms with E-state index in [1.54, 1.807) is 13.8 Å². The normalized spacial score (nSPS) is 25.6. The molecule has 176 valence electrons. The smallest absolute Gasteiger partial charge is 0.337 e. The van der Waals surface area contributed by atoms with Crippen molar-refractivity contribution < 1.29 is 28.2 Å². The Kier molecular flexibility index (Phi) is 6.61. The number of carbonyl (C=O) groups is 3. The summed E-state index contributed by atoms with van der Waals surface area (Å²) < 4.78 is 25.8. The van der Waals surface area contributed by atoms with Crippen LogP contribution >= 0.6 is 11.6 Å². The number of esters is 2. The van der Waals surface area contributed by atoms with Crippen LogP contribution in [0.1, 0.15) is 57.4 Å². The average Bonchev–Trinajstić information content (AvgIpc) is 3.25. The van der Waals surface area contributed by atoms with Crippen molar-refractivity contribution in [2.75, 3.05) is 7.11 Å². The summed E-state index contributed by atoms with van der Waals surface area (Å²) in [5.41, 5.74) is 1.38. The fourth-order valence-electron chi connectivity index (χ4n) is 5.25. The van der Waals surface area contributed by atoms with Crippen LogP contribution in [0.3, 0.4) is 0 Å². The van der Waals surface area contributed by atoms with E-state index in [-0.39, 0.29) is 33.8 Å². The molecule has 0 bridgehead atoms. The minimum absolute atomic E-state index is 0.0254. The van der Waals surface area contributed by atoms with Crippen LogP contribution in [0.4, 0.5) is 4.39 Å². The highest BCUT2D eigenvalue weighted by Crippen LogP contribution is 2.47. The minimum Gasteiger partial charge on any atom is -0.468 e. The number of dihydropyridines is 1. The van der Waals surface area contributed by atoms with E-state index in [1.807, 2.05) is 0 Å². The number of ether oxygens (including phenoxy) is 2. The number of carbonyl (C=O) groups excluding carboxylic acids is 3. The molecule has 1 heterocycles. The summed E-state index contributed by atoms with van der Waals surface area (Å²) in [7, 11) is 1.23. The largest absolute Gasteiger partial charge is 0.468 e. The molecular weight excluding hydrogens is 449 g/mol. The lowest BCUT2D eigenvalue weighted by Gasteiger charge is -2.38. The van der Waals surface area contributed by atoms with Gasteiger partial charge in [-0.3, -0.25) is 9.59 Å². The summed E-state index contributed by atoms with van der Waals surface area (Å²) in [5, 5.41) is 3.26. The second-order valence-corrected chi connectivity index (χ2v) is 9.39. The zero-order valence-corrected chi connectivity index (χ0v) is 19.6. The highest BCUT2D eigenvalue weighted by molar-refractivity contribution is 6.31. The molecule has 0 unspecified atom stereocenters. The number of rotatable bonds is 4. The van der Waals surface area contributed by atoms with E-state index in [0.29, 0.717) is 17.8 Å². The van der Waals surface area contributed by atoms with Crippen molar-refractivity contribution in [1.29, 1.82) is 0 Å². The predicted molar refractivity (Wildman–Crippen MR) is 120 cm³/mol. The van der Waals surface area contributed by atoms with Crippen LogP contribution in [-0.4, -0.2) is 30.9 Å². The fraction of sp³-hybridized carbons (Fsp3) is 0.480. The van der Waals surface area contributed by atoms with E-state index in [9.17, 15) is 14.4 Å². The molecule has 8 heteroatoms. The van der Waals surface area contributed by atoms with Gasteiger partial charge >= 0.3 is 11.9 Å². The maximum absolute atomic E-state index is 15.2. The van der Waals surface area contributed by atoms with E-state index < -0.39 is 35.4 Å². The van der Waals surface area contributed by atoms with Crippen molar-refractivity contribution in [2.45, 2.75) is 58.0 Å². The lowest BCUT2D eigenvalue weighted by atomic mass is 9.69. The number of hydrogen-bond donors (Lipinski definition) is 1. The van der Waals surface area contributed by atoms with Gasteiger partial charge in [0.15, 0.2) is 5.78 Å². The molecule has 3 atom stereocenters. The summed E-state index contributed by atoms with van der Waals surface area (Å²) in [6.45, 7) is 3.50. The molecule has 0 aromatic heterocycles. The van der Waals surface area contributed by atoms with Gasteiger partial charge in [0.25, 0.3) is 0 Å². The maximum atomic E-state index is 15.2. The van der Waals surface area contributed by atoms with Crippen LogP contribution in [0.2, 0.25) is 5.02 Å². The topological polar surface area (TPSA) is 81.7 Å². The van der Waals surface area contributed by atoms with Crippen LogP contribution in [0.5, 0.6) is 0 Å². The van der Waals surface area contributed by atoms with E-state index in [0.717, 1.165) is 25.7 Å². The second kappa shape index (κ2) is 9.29. The Morgan fingerprint density at radius 2 is 1.91 bits per heavy atom. The van der Waals surface area contributed by atoms with Gasteiger partial charge < -0.3 is 14.8 Å². The highest BCUT2D eigenvalue weighted by atomic mass is 35.5. The highest BCUT2D eigenvalue weighted by Gasteiger charge is 2.48. The molecule has 33 heavy (non-hydrogen) atoms.